The molecule has 0 aliphatic carbocycles. The van der Waals surface area contributed by atoms with Gasteiger partial charge in [-0.15, -0.1) is 0 Å². The number of aryl methyl sites for hydroxylation is 1. The van der Waals surface area contributed by atoms with Crippen molar-refractivity contribution in [1.82, 2.24) is 0 Å². The van der Waals surface area contributed by atoms with Crippen LogP contribution in [-0.4, -0.2) is 14.4 Å². The molecule has 1 aromatic carbocycles. The van der Waals surface area contributed by atoms with E-state index in [1.807, 2.05) is 12.1 Å². The molecule has 6 heteroatoms. The third-order valence-electron chi connectivity index (χ3n) is 6.72. The monoisotopic (exact) mass is 532 g/mol. The second-order valence-corrected chi connectivity index (χ2v) is 11.6. The second-order valence-electron chi connectivity index (χ2n) is 10.1. The summed E-state index contributed by atoms with van der Waals surface area (Å²) in [7, 11) is -4.03. The Kier molecular flexibility index (Phi) is 23.5. The molecule has 0 N–H and O–H groups in total. The van der Waals surface area contributed by atoms with Gasteiger partial charge in [-0.25, -0.2) is 0 Å². The zero-order valence-electron chi connectivity index (χ0n) is 24.7. The Hall–Kier alpha value is -0.360. The summed E-state index contributed by atoms with van der Waals surface area (Å²) in [6.07, 6.45) is 24.4. The number of benzene rings is 1. The fourth-order valence-corrected chi connectivity index (χ4v) is 5.33. The molecule has 0 spiro atoms. The molecule has 0 heterocycles. The van der Waals surface area contributed by atoms with Crippen molar-refractivity contribution in [3.8, 4) is 0 Å². The number of rotatable bonds is 23. The Bertz CT molecular complexity index is 753. The van der Waals surface area contributed by atoms with E-state index in [0.717, 1.165) is 31.2 Å². The topological polar surface area (TPSA) is 60.4 Å². The smallest absolute Gasteiger partial charge is 1.00 e. The molecule has 0 radical (unpaired) electrons. The number of carbonyl (C=O) groups is 1. The minimum absolute atomic E-state index is 0. The zero-order chi connectivity index (χ0) is 25.6. The summed E-state index contributed by atoms with van der Waals surface area (Å²) in [5.41, 5.74) is 1.13. The number of unbranched alkanes of at least 4 members (excludes halogenated alkanes) is 17. The van der Waals surface area contributed by atoms with Gasteiger partial charge >= 0.3 is 45.6 Å². The Morgan fingerprint density at radius 3 is 1.47 bits per heavy atom. The first-order chi connectivity index (χ1) is 17.0. The van der Waals surface area contributed by atoms with Crippen molar-refractivity contribution in [3.63, 3.8) is 0 Å². The quantitative estimate of drug-likeness (QED) is 0.0927. The van der Waals surface area contributed by atoms with Crippen LogP contribution in [0.1, 0.15) is 149 Å². The van der Waals surface area contributed by atoms with E-state index in [0.29, 0.717) is 6.42 Å². The maximum absolute atomic E-state index is 12.4. The van der Waals surface area contributed by atoms with E-state index in [9.17, 15) is 13.2 Å². The molecule has 0 bridgehead atoms. The molecule has 36 heavy (non-hydrogen) atoms. The standard InChI is InChI=1S/C30H52O4S.Na.H/c1-3-5-7-9-11-13-15-16-18-20-22-28-24-26-29(27-25-28)35(32,33)34-30(31)23-21-19-17-14-12-10-8-6-4-2;;/h24-27H,3-23H2,1-2H3;;/q;+1;-1. The minimum atomic E-state index is -4.03. The maximum atomic E-state index is 12.4. The van der Waals surface area contributed by atoms with Crippen molar-refractivity contribution in [2.45, 2.75) is 154 Å². The molecular formula is C30H53NaO4S. The molecule has 0 fully saturated rings. The van der Waals surface area contributed by atoms with Gasteiger partial charge in [0.1, 0.15) is 4.90 Å². The summed E-state index contributed by atoms with van der Waals surface area (Å²) in [5.74, 6) is -0.651. The molecule has 0 saturated heterocycles. The maximum Gasteiger partial charge on any atom is 1.00 e. The molecule has 0 aromatic heterocycles. The number of carbonyl (C=O) groups excluding carboxylic acids is 1. The molecule has 0 unspecified atom stereocenters. The van der Waals surface area contributed by atoms with E-state index in [1.165, 1.54) is 96.3 Å². The molecular weight excluding hydrogens is 479 g/mol. The molecule has 1 aromatic rings. The molecule has 1 rings (SSSR count). The van der Waals surface area contributed by atoms with Crippen LogP contribution in [0.25, 0.3) is 0 Å². The van der Waals surface area contributed by atoms with Gasteiger partial charge in [0.15, 0.2) is 0 Å². The first kappa shape index (κ1) is 35.6. The predicted molar refractivity (Wildman–Crippen MR) is 148 cm³/mol. The fraction of sp³-hybridized carbons (Fsp3) is 0.767. The average Bonchev–Trinajstić information content (AvgIpc) is 2.84. The number of hydrogen-bond donors (Lipinski definition) is 0. The van der Waals surface area contributed by atoms with E-state index in [1.54, 1.807) is 12.1 Å². The Labute approximate surface area is 246 Å². The van der Waals surface area contributed by atoms with E-state index in [4.69, 9.17) is 4.18 Å². The van der Waals surface area contributed by atoms with Crippen LogP contribution < -0.4 is 29.6 Å². The molecule has 0 aliphatic heterocycles. The first-order valence-corrected chi connectivity index (χ1v) is 16.0. The third kappa shape index (κ3) is 18.8. The van der Waals surface area contributed by atoms with Crippen LogP contribution in [0, 0.1) is 0 Å². The molecule has 4 nitrogen and oxygen atoms in total. The number of hydrogen-bond acceptors (Lipinski definition) is 4. The van der Waals surface area contributed by atoms with Crippen molar-refractivity contribution in [3.05, 3.63) is 29.8 Å². The first-order valence-electron chi connectivity index (χ1n) is 14.6. The van der Waals surface area contributed by atoms with E-state index in [2.05, 4.69) is 13.8 Å². The van der Waals surface area contributed by atoms with Gasteiger partial charge in [0.25, 0.3) is 0 Å². The van der Waals surface area contributed by atoms with Gasteiger partial charge in [-0.05, 0) is 37.0 Å². The van der Waals surface area contributed by atoms with Crippen molar-refractivity contribution >= 4 is 16.1 Å². The fourth-order valence-electron chi connectivity index (χ4n) is 4.43. The summed E-state index contributed by atoms with van der Waals surface area (Å²) in [5, 5.41) is 0. The van der Waals surface area contributed by atoms with Gasteiger partial charge in [0, 0.05) is 6.42 Å². The van der Waals surface area contributed by atoms with Crippen LogP contribution in [0.3, 0.4) is 0 Å². The van der Waals surface area contributed by atoms with Crippen molar-refractivity contribution < 1.29 is 48.4 Å². The summed E-state index contributed by atoms with van der Waals surface area (Å²) >= 11 is 0. The van der Waals surface area contributed by atoms with Crippen LogP contribution in [0.2, 0.25) is 0 Å². The summed E-state index contributed by atoms with van der Waals surface area (Å²) in [6.45, 7) is 4.47. The van der Waals surface area contributed by atoms with Crippen LogP contribution >= 0.6 is 0 Å². The SMILES string of the molecule is CCCCCCCCCCCCc1ccc(S(=O)(=O)OC(=O)CCCCCCCCCCC)cc1.[H-].[Na+]. The van der Waals surface area contributed by atoms with Crippen molar-refractivity contribution in [1.29, 1.82) is 0 Å². The van der Waals surface area contributed by atoms with Gasteiger partial charge < -0.3 is 5.61 Å². The summed E-state index contributed by atoms with van der Waals surface area (Å²) < 4.78 is 29.7. The van der Waals surface area contributed by atoms with E-state index in [-0.39, 0.29) is 42.3 Å². The van der Waals surface area contributed by atoms with Gasteiger partial charge in [0.05, 0.1) is 0 Å². The van der Waals surface area contributed by atoms with Gasteiger partial charge in [-0.3, -0.25) is 4.79 Å². The Morgan fingerprint density at radius 1 is 0.639 bits per heavy atom. The van der Waals surface area contributed by atoms with Crippen LogP contribution in [0.15, 0.2) is 29.2 Å². The molecule has 0 amide bonds. The average molecular weight is 533 g/mol. The van der Waals surface area contributed by atoms with Gasteiger partial charge in [-0.1, -0.05) is 135 Å². The second kappa shape index (κ2) is 23.7. The largest absolute Gasteiger partial charge is 1.00 e. The molecule has 0 aliphatic rings. The normalized spacial score (nSPS) is 11.3. The van der Waals surface area contributed by atoms with Crippen LogP contribution in [0.5, 0.6) is 0 Å². The third-order valence-corrected chi connectivity index (χ3v) is 7.97. The molecule has 0 atom stereocenters. The van der Waals surface area contributed by atoms with Gasteiger partial charge in [0.2, 0.25) is 0 Å². The molecule has 0 saturated carbocycles. The summed E-state index contributed by atoms with van der Waals surface area (Å²) in [6, 6.07) is 6.81. The predicted octanol–water partition coefficient (Wildman–Crippen LogP) is 6.42. The Balaban J connectivity index is 0. The minimum Gasteiger partial charge on any atom is -1.00 e. The summed E-state index contributed by atoms with van der Waals surface area (Å²) in [4.78, 5) is 12.1. The Morgan fingerprint density at radius 2 is 1.03 bits per heavy atom. The van der Waals surface area contributed by atoms with E-state index >= 15 is 0 Å². The zero-order valence-corrected chi connectivity index (χ0v) is 26.5. The van der Waals surface area contributed by atoms with E-state index < -0.39 is 16.1 Å². The van der Waals surface area contributed by atoms with Crippen molar-refractivity contribution in [2.24, 2.45) is 0 Å². The van der Waals surface area contributed by atoms with Crippen LogP contribution in [-0.2, 0) is 25.5 Å². The van der Waals surface area contributed by atoms with Crippen molar-refractivity contribution in [2.75, 3.05) is 0 Å². The van der Waals surface area contributed by atoms with Gasteiger partial charge in [-0.2, -0.15) is 8.42 Å². The van der Waals surface area contributed by atoms with Crippen LogP contribution in [0.4, 0.5) is 0 Å². The molecule has 204 valence electrons.